The Balaban J connectivity index is 2.92. The van der Waals surface area contributed by atoms with Crippen LogP contribution in [-0.2, 0) is 6.54 Å². The Hall–Kier alpha value is -1.03. The van der Waals surface area contributed by atoms with Crippen molar-refractivity contribution >= 4 is 0 Å². The van der Waals surface area contributed by atoms with Crippen LogP contribution in [0.25, 0.3) is 0 Å². The molecule has 0 aliphatic rings. The van der Waals surface area contributed by atoms with Gasteiger partial charge in [-0.1, -0.05) is 13.8 Å². The molecule has 0 saturated heterocycles. The van der Waals surface area contributed by atoms with Gasteiger partial charge in [0.2, 0.25) is 0 Å². The molecule has 2 unspecified atom stereocenters. The third-order valence-electron chi connectivity index (χ3n) is 2.66. The average Bonchev–Trinajstić information content (AvgIpc) is 2.60. The van der Waals surface area contributed by atoms with E-state index in [1.165, 1.54) is 0 Å². The van der Waals surface area contributed by atoms with Crippen molar-refractivity contribution in [3.05, 3.63) is 11.9 Å². The maximum absolute atomic E-state index is 9.44. The summed E-state index contributed by atoms with van der Waals surface area (Å²) in [6.07, 6.45) is 3.22. The zero-order valence-electron chi connectivity index (χ0n) is 10.6. The van der Waals surface area contributed by atoms with E-state index in [2.05, 4.69) is 18.9 Å². The van der Waals surface area contributed by atoms with Crippen LogP contribution in [0.1, 0.15) is 45.2 Å². The molecule has 4 nitrogen and oxygen atoms in total. The lowest BCUT2D eigenvalue weighted by molar-refractivity contribution is 0.174. The number of nitrogens with zero attached hydrogens (tertiary/aromatic N) is 2. The summed E-state index contributed by atoms with van der Waals surface area (Å²) >= 11 is 0. The van der Waals surface area contributed by atoms with Crippen LogP contribution in [0, 0.1) is 0 Å². The predicted octanol–water partition coefficient (Wildman–Crippen LogP) is 2.18. The van der Waals surface area contributed by atoms with Crippen LogP contribution in [0.4, 0.5) is 0 Å². The molecule has 1 rings (SSSR count). The molecule has 0 bridgehead atoms. The van der Waals surface area contributed by atoms with E-state index < -0.39 is 0 Å². The van der Waals surface area contributed by atoms with Crippen LogP contribution >= 0.6 is 0 Å². The van der Waals surface area contributed by atoms with Gasteiger partial charge in [0.25, 0.3) is 0 Å². The van der Waals surface area contributed by atoms with Crippen LogP contribution in [0.2, 0.25) is 0 Å². The topological polar surface area (TPSA) is 47.3 Å². The minimum Gasteiger partial charge on any atom is -0.493 e. The highest BCUT2D eigenvalue weighted by molar-refractivity contribution is 5.28. The molecule has 92 valence electrons. The monoisotopic (exact) mass is 226 g/mol. The molecule has 2 atom stereocenters. The Morgan fingerprint density at radius 2 is 2.19 bits per heavy atom. The van der Waals surface area contributed by atoms with Crippen molar-refractivity contribution in [3.63, 3.8) is 0 Å². The van der Waals surface area contributed by atoms with Crippen molar-refractivity contribution in [2.24, 2.45) is 0 Å². The van der Waals surface area contributed by atoms with Gasteiger partial charge in [0.1, 0.15) is 0 Å². The van der Waals surface area contributed by atoms with E-state index in [9.17, 15) is 5.11 Å². The van der Waals surface area contributed by atoms with Crippen LogP contribution in [0.15, 0.2) is 6.20 Å². The highest BCUT2D eigenvalue weighted by Gasteiger charge is 2.19. The fourth-order valence-corrected chi connectivity index (χ4v) is 2.05. The molecule has 1 aromatic heterocycles. The molecule has 1 N–H and O–H groups in total. The van der Waals surface area contributed by atoms with Crippen LogP contribution in [-0.4, -0.2) is 28.1 Å². The number of hydrogen-bond donors (Lipinski definition) is 1. The van der Waals surface area contributed by atoms with Crippen molar-refractivity contribution in [3.8, 4) is 5.75 Å². The Labute approximate surface area is 97.2 Å². The molecule has 0 aromatic carbocycles. The van der Waals surface area contributed by atoms with Gasteiger partial charge in [-0.25, -0.2) is 0 Å². The van der Waals surface area contributed by atoms with Gasteiger partial charge in [-0.3, -0.25) is 4.68 Å². The maximum Gasteiger partial charge on any atom is 0.160 e. The maximum atomic E-state index is 9.44. The van der Waals surface area contributed by atoms with E-state index in [1.54, 1.807) is 13.3 Å². The smallest absolute Gasteiger partial charge is 0.160 e. The van der Waals surface area contributed by atoms with E-state index >= 15 is 0 Å². The summed E-state index contributed by atoms with van der Waals surface area (Å²) in [6.45, 7) is 6.92. The van der Waals surface area contributed by atoms with Crippen molar-refractivity contribution in [2.75, 3.05) is 7.11 Å². The number of hydrogen-bond acceptors (Lipinski definition) is 3. The van der Waals surface area contributed by atoms with E-state index in [0.717, 1.165) is 30.8 Å². The quantitative estimate of drug-likeness (QED) is 0.808. The lowest BCUT2D eigenvalue weighted by Crippen LogP contribution is -2.12. The highest BCUT2D eigenvalue weighted by Crippen LogP contribution is 2.29. The summed E-state index contributed by atoms with van der Waals surface area (Å²) in [5.74, 6) is 1.07. The summed E-state index contributed by atoms with van der Waals surface area (Å²) in [6, 6.07) is 0. The summed E-state index contributed by atoms with van der Waals surface area (Å²) in [7, 11) is 1.66. The molecular weight excluding hydrogens is 204 g/mol. The van der Waals surface area contributed by atoms with Crippen molar-refractivity contribution in [2.45, 2.75) is 52.2 Å². The first-order valence-corrected chi connectivity index (χ1v) is 5.87. The number of aliphatic hydroxyl groups excluding tert-OH is 1. The van der Waals surface area contributed by atoms with Gasteiger partial charge in [0.15, 0.2) is 5.75 Å². The fourth-order valence-electron chi connectivity index (χ4n) is 2.05. The molecule has 0 saturated carbocycles. The second kappa shape index (κ2) is 5.89. The number of rotatable bonds is 6. The molecule has 0 aliphatic heterocycles. The molecule has 0 spiro atoms. The largest absolute Gasteiger partial charge is 0.493 e. The van der Waals surface area contributed by atoms with Gasteiger partial charge in [0.05, 0.1) is 25.1 Å². The lowest BCUT2D eigenvalue weighted by atomic mass is 10.00. The minimum absolute atomic E-state index is 0.254. The first-order valence-electron chi connectivity index (χ1n) is 5.87. The van der Waals surface area contributed by atoms with Gasteiger partial charge >= 0.3 is 0 Å². The van der Waals surface area contributed by atoms with E-state index in [0.29, 0.717) is 0 Å². The Morgan fingerprint density at radius 3 is 2.69 bits per heavy atom. The van der Waals surface area contributed by atoms with Gasteiger partial charge in [-0.2, -0.15) is 5.10 Å². The van der Waals surface area contributed by atoms with Gasteiger partial charge in [-0.15, -0.1) is 0 Å². The standard InChI is InChI=1S/C12H22N2O2/c1-5-6-14-12(9(2)7-10(3)15)11(16-4)8-13-14/h8-10,15H,5-7H2,1-4H3. The number of methoxy groups -OCH3 is 1. The van der Waals surface area contributed by atoms with Gasteiger partial charge in [0, 0.05) is 12.5 Å². The Kier molecular flexibility index (Phi) is 4.80. The first-order chi connectivity index (χ1) is 7.60. The number of ether oxygens (including phenoxy) is 1. The lowest BCUT2D eigenvalue weighted by Gasteiger charge is -2.16. The number of aliphatic hydroxyl groups is 1. The summed E-state index contributed by atoms with van der Waals surface area (Å²) < 4.78 is 7.29. The molecule has 0 amide bonds. The first kappa shape index (κ1) is 13.0. The van der Waals surface area contributed by atoms with Crippen LogP contribution in [0.3, 0.4) is 0 Å². The second-order valence-electron chi connectivity index (χ2n) is 4.31. The normalized spacial score (nSPS) is 14.8. The molecule has 1 aromatic rings. The van der Waals surface area contributed by atoms with Crippen LogP contribution in [0.5, 0.6) is 5.75 Å². The molecular formula is C12H22N2O2. The molecule has 0 fully saturated rings. The van der Waals surface area contributed by atoms with Crippen molar-refractivity contribution < 1.29 is 9.84 Å². The summed E-state index contributed by atoms with van der Waals surface area (Å²) in [5.41, 5.74) is 1.09. The third kappa shape index (κ3) is 2.98. The SMILES string of the molecule is CCCn1ncc(OC)c1C(C)CC(C)O. The Bertz CT molecular complexity index is 321. The molecule has 0 aliphatic carbocycles. The number of aryl methyl sites for hydroxylation is 1. The molecule has 1 heterocycles. The minimum atomic E-state index is -0.301. The average molecular weight is 226 g/mol. The zero-order valence-corrected chi connectivity index (χ0v) is 10.6. The van der Waals surface area contributed by atoms with E-state index in [-0.39, 0.29) is 12.0 Å². The second-order valence-corrected chi connectivity index (χ2v) is 4.31. The predicted molar refractivity (Wildman–Crippen MR) is 63.8 cm³/mol. The summed E-state index contributed by atoms with van der Waals surface area (Å²) in [4.78, 5) is 0. The third-order valence-corrected chi connectivity index (χ3v) is 2.66. The highest BCUT2D eigenvalue weighted by atomic mass is 16.5. The van der Waals surface area contributed by atoms with Gasteiger partial charge in [-0.05, 0) is 19.8 Å². The fraction of sp³-hybridized carbons (Fsp3) is 0.750. The van der Waals surface area contributed by atoms with Gasteiger partial charge < -0.3 is 9.84 Å². The van der Waals surface area contributed by atoms with E-state index in [1.807, 2.05) is 11.6 Å². The molecule has 16 heavy (non-hydrogen) atoms. The molecule has 4 heteroatoms. The van der Waals surface area contributed by atoms with E-state index in [4.69, 9.17) is 4.74 Å². The summed E-state index contributed by atoms with van der Waals surface area (Å²) in [5, 5.41) is 13.8. The van der Waals surface area contributed by atoms with Crippen molar-refractivity contribution in [1.82, 2.24) is 9.78 Å². The molecule has 0 radical (unpaired) electrons. The van der Waals surface area contributed by atoms with Crippen molar-refractivity contribution in [1.29, 1.82) is 0 Å². The van der Waals surface area contributed by atoms with Crippen LogP contribution < -0.4 is 4.74 Å². The Morgan fingerprint density at radius 1 is 1.50 bits per heavy atom. The zero-order chi connectivity index (χ0) is 12.1. The number of aromatic nitrogens is 2.